The molecule has 0 amide bonds. The van der Waals surface area contributed by atoms with Crippen LogP contribution >= 0.6 is 0 Å². The van der Waals surface area contributed by atoms with Gasteiger partial charge in [-0.15, -0.1) is 0 Å². The molecule has 2 N–H and O–H groups in total. The number of fused-ring (bicyclic) bond motifs is 6. The Morgan fingerprint density at radius 1 is 0.982 bits per heavy atom. The maximum atomic E-state index is 14.4. The monoisotopic (exact) mass is 792 g/mol. The van der Waals surface area contributed by atoms with Crippen molar-refractivity contribution in [1.82, 2.24) is 19.9 Å². The van der Waals surface area contributed by atoms with Crippen LogP contribution < -0.4 is 4.90 Å². The van der Waals surface area contributed by atoms with Crippen molar-refractivity contribution in [3.63, 3.8) is 0 Å². The number of alkyl halides is 2. The maximum absolute atomic E-state index is 14.4. The number of hydrogen-bond donors (Lipinski definition) is 2. The van der Waals surface area contributed by atoms with E-state index >= 15 is 0 Å². The molecule has 1 aliphatic heterocycles. The highest BCUT2D eigenvalue weighted by molar-refractivity contribution is 7.93. The lowest BCUT2D eigenvalue weighted by Crippen LogP contribution is -2.55. The van der Waals surface area contributed by atoms with E-state index < -0.39 is 20.4 Å². The molecule has 12 heteroatoms. The lowest BCUT2D eigenvalue weighted by Gasteiger charge is -2.61. The summed E-state index contributed by atoms with van der Waals surface area (Å²) in [4.78, 5) is 20.1. The van der Waals surface area contributed by atoms with Crippen LogP contribution in [0.2, 0.25) is 0 Å². The summed E-state index contributed by atoms with van der Waals surface area (Å²) in [5, 5.41) is 0.938. The molecule has 1 saturated heterocycles. The first kappa shape index (κ1) is 38.8. The number of ether oxygens (including phenoxy) is 2. The Hall–Kier alpha value is -2.70. The Morgan fingerprint density at radius 3 is 2.62 bits per heavy atom. The van der Waals surface area contributed by atoms with Crippen LogP contribution in [0.1, 0.15) is 123 Å². The van der Waals surface area contributed by atoms with Gasteiger partial charge in [0.2, 0.25) is 5.92 Å². The summed E-state index contributed by atoms with van der Waals surface area (Å²) in [6, 6.07) is 6.07. The van der Waals surface area contributed by atoms with E-state index in [1.165, 1.54) is 6.42 Å². The average Bonchev–Trinajstić information content (AvgIpc) is 3.75. The predicted octanol–water partition coefficient (Wildman–Crippen LogP) is 9.90. The molecule has 0 spiro atoms. The Morgan fingerprint density at radius 2 is 1.80 bits per heavy atom. The largest absolute Gasteiger partial charge is 0.378 e. The van der Waals surface area contributed by atoms with Crippen LogP contribution in [0.25, 0.3) is 22.4 Å². The molecule has 6 fully saturated rings. The predicted molar refractivity (Wildman–Crippen MR) is 216 cm³/mol. The van der Waals surface area contributed by atoms with Crippen LogP contribution in [0, 0.1) is 39.3 Å². The summed E-state index contributed by atoms with van der Waals surface area (Å²) in [6.45, 7) is 9.66. The van der Waals surface area contributed by atoms with Crippen molar-refractivity contribution in [1.29, 1.82) is 4.78 Å². The first-order valence-electron chi connectivity index (χ1n) is 21.8. The molecule has 3 aromatic heterocycles. The van der Waals surface area contributed by atoms with Crippen LogP contribution in [-0.2, 0) is 23.9 Å². The van der Waals surface area contributed by atoms with Crippen LogP contribution in [-0.4, -0.2) is 74.3 Å². The van der Waals surface area contributed by atoms with Gasteiger partial charge < -0.3 is 19.4 Å². The first-order chi connectivity index (χ1) is 26.8. The Balaban J connectivity index is 0.801. The summed E-state index contributed by atoms with van der Waals surface area (Å²) in [6.07, 6.45) is 16.5. The van der Waals surface area contributed by atoms with Crippen LogP contribution in [0.5, 0.6) is 0 Å². The molecule has 9 rings (SSSR count). The molecule has 3 aromatic rings. The molecular formula is C44H62F2N6O3S. The minimum absolute atomic E-state index is 0.0693. The zero-order valence-electron chi connectivity index (χ0n) is 33.7. The number of hydrogen-bond acceptors (Lipinski definition) is 8. The normalized spacial score (nSPS) is 35.7. The van der Waals surface area contributed by atoms with E-state index in [1.54, 1.807) is 6.20 Å². The van der Waals surface area contributed by atoms with Gasteiger partial charge >= 0.3 is 0 Å². The first-order valence-corrected chi connectivity index (χ1v) is 23.5. The van der Waals surface area contributed by atoms with Crippen LogP contribution in [0.3, 0.4) is 0 Å². The SMILES string of the molecule is C[C@@H]1COCCN1c1cc(C2(S(=N)(=O)CCCCCCO[C@H]3CC[C@H]4[C@@H]5CC[C@H]6CC(F)(F)CC[C@]6(C)[C@H]5CC[C@]34C)CC2)nc(-c2ccnc3[nH]ccc23)n1. The molecule has 0 bridgehead atoms. The second-order valence-electron chi connectivity index (χ2n) is 19.1. The van der Waals surface area contributed by atoms with Crippen molar-refractivity contribution >= 4 is 26.6 Å². The molecule has 9 nitrogen and oxygen atoms in total. The molecule has 0 radical (unpaired) electrons. The van der Waals surface area contributed by atoms with Gasteiger partial charge in [0, 0.05) is 61.2 Å². The Labute approximate surface area is 331 Å². The van der Waals surface area contributed by atoms with Crippen LogP contribution in [0.15, 0.2) is 30.6 Å². The van der Waals surface area contributed by atoms with E-state index in [9.17, 15) is 17.8 Å². The second-order valence-corrected chi connectivity index (χ2v) is 21.7. The fourth-order valence-electron chi connectivity index (χ4n) is 12.6. The molecular weight excluding hydrogens is 731 g/mol. The summed E-state index contributed by atoms with van der Waals surface area (Å²) in [7, 11) is -2.97. The summed E-state index contributed by atoms with van der Waals surface area (Å²) < 4.78 is 64.2. The van der Waals surface area contributed by atoms with Crippen molar-refractivity contribution in [3.8, 4) is 11.4 Å². The number of halogens is 2. The number of nitrogens with one attached hydrogen (secondary N) is 2. The molecule has 9 atom stereocenters. The number of anilines is 1. The molecule has 4 heterocycles. The lowest BCUT2D eigenvalue weighted by molar-refractivity contribution is -0.169. The number of aromatic nitrogens is 4. The van der Waals surface area contributed by atoms with Gasteiger partial charge in [-0.25, -0.2) is 27.9 Å². The molecule has 5 aliphatic carbocycles. The summed E-state index contributed by atoms with van der Waals surface area (Å²) in [5.41, 5.74) is 2.63. The minimum atomic E-state index is -2.97. The standard InChI is InChI=1S/C44H62F2N6O3S/c1-29-28-54-24-22-52(29)38-26-36(50-40(51-38)32-14-21-49-39-31(32)13-20-48-39)43(17-18-43)56(47,53)25-7-5-4-6-23-55-37-11-10-34-33-9-8-30-27-44(45,46)19-16-41(30,2)35(33)12-15-42(34,37)3/h13-14,20-21,26,29-30,33-35,37,47H,4-12,15-19,22-25,27-28H2,1-3H3,(H,48,49)/t29-,30+,33+,34+,35+,37+,41+,42+,56?/m1/s1. The van der Waals surface area contributed by atoms with E-state index in [0.717, 1.165) is 92.5 Å². The van der Waals surface area contributed by atoms with Crippen molar-refractivity contribution in [2.24, 2.45) is 34.5 Å². The van der Waals surface area contributed by atoms with E-state index in [-0.39, 0.29) is 41.7 Å². The fourth-order valence-corrected chi connectivity index (χ4v) is 14.8. The Kier molecular flexibility index (Phi) is 10.1. The van der Waals surface area contributed by atoms with Gasteiger partial charge in [-0.2, -0.15) is 0 Å². The molecule has 6 aliphatic rings. The van der Waals surface area contributed by atoms with Gasteiger partial charge in [0.1, 0.15) is 11.5 Å². The molecule has 5 saturated carbocycles. The van der Waals surface area contributed by atoms with Gasteiger partial charge in [-0.1, -0.05) is 26.7 Å². The van der Waals surface area contributed by atoms with Crippen molar-refractivity contribution in [2.75, 3.05) is 37.0 Å². The third kappa shape index (κ3) is 6.69. The Bertz CT molecular complexity index is 2020. The van der Waals surface area contributed by atoms with E-state index in [1.807, 2.05) is 24.4 Å². The van der Waals surface area contributed by atoms with E-state index in [4.69, 9.17) is 19.4 Å². The number of nitrogens with zero attached hydrogens (tertiary/aromatic N) is 4. The number of H-pyrrole nitrogens is 1. The van der Waals surface area contributed by atoms with Gasteiger partial charge in [-0.3, -0.25) is 4.78 Å². The lowest BCUT2D eigenvalue weighted by atomic mass is 9.45. The summed E-state index contributed by atoms with van der Waals surface area (Å²) in [5.74, 6) is 1.34. The van der Waals surface area contributed by atoms with E-state index in [0.29, 0.717) is 68.4 Å². The number of morpholine rings is 1. The second kappa shape index (κ2) is 14.5. The van der Waals surface area contributed by atoms with Crippen molar-refractivity contribution < 1.29 is 22.5 Å². The van der Waals surface area contributed by atoms with E-state index in [2.05, 4.69) is 35.6 Å². The molecule has 56 heavy (non-hydrogen) atoms. The zero-order valence-corrected chi connectivity index (χ0v) is 34.5. The third-order valence-electron chi connectivity index (χ3n) is 16.1. The topological polar surface area (TPSA) is 117 Å². The smallest absolute Gasteiger partial charge is 0.248 e. The van der Waals surface area contributed by atoms with Gasteiger partial charge in [0.15, 0.2) is 5.82 Å². The van der Waals surface area contributed by atoms with Gasteiger partial charge in [0.25, 0.3) is 0 Å². The molecule has 1 unspecified atom stereocenters. The van der Waals surface area contributed by atoms with Gasteiger partial charge in [0.05, 0.1) is 45.5 Å². The van der Waals surface area contributed by atoms with Crippen LogP contribution in [0.4, 0.5) is 14.6 Å². The highest BCUT2D eigenvalue weighted by atomic mass is 32.2. The number of pyridine rings is 1. The summed E-state index contributed by atoms with van der Waals surface area (Å²) >= 11 is 0. The maximum Gasteiger partial charge on any atom is 0.248 e. The number of unbranched alkanes of at least 4 members (excludes halogenated alkanes) is 3. The van der Waals surface area contributed by atoms with Crippen molar-refractivity contribution in [2.45, 2.75) is 140 Å². The highest BCUT2D eigenvalue weighted by Gasteiger charge is 2.62. The molecule has 306 valence electrons. The molecule has 0 aromatic carbocycles. The van der Waals surface area contributed by atoms with Crippen molar-refractivity contribution in [3.05, 3.63) is 36.3 Å². The quantitative estimate of drug-likeness (QED) is 0.175. The minimum Gasteiger partial charge on any atom is -0.378 e. The zero-order chi connectivity index (χ0) is 38.9. The van der Waals surface area contributed by atoms with Gasteiger partial charge in [-0.05, 0) is 124 Å². The number of rotatable bonds is 12. The number of aromatic amines is 1. The fraction of sp³-hybridized carbons (Fsp3) is 0.750. The highest BCUT2D eigenvalue weighted by Crippen LogP contribution is 2.67. The third-order valence-corrected chi connectivity index (χ3v) is 18.8. The average molecular weight is 793 g/mol.